The third kappa shape index (κ3) is 9.86. The van der Waals surface area contributed by atoms with Gasteiger partial charge in [0.1, 0.15) is 0 Å². The number of H-pyrrole nitrogens is 1. The van der Waals surface area contributed by atoms with Crippen molar-refractivity contribution in [1.82, 2.24) is 4.98 Å². The molecule has 0 bridgehead atoms. The average Bonchev–Trinajstić information content (AvgIpc) is 3.22. The van der Waals surface area contributed by atoms with Crippen molar-refractivity contribution in [2.24, 2.45) is 0 Å². The second-order valence-electron chi connectivity index (χ2n) is 11.1. The normalized spacial score (nSPS) is 15.8. The number of nitrogens with one attached hydrogen (secondary N) is 1. The molecule has 1 N–H and O–H groups in total. The first-order valence-electron chi connectivity index (χ1n) is 15.1. The van der Waals surface area contributed by atoms with E-state index in [1.807, 2.05) is 0 Å². The van der Waals surface area contributed by atoms with Gasteiger partial charge in [-0.2, -0.15) is 0 Å². The summed E-state index contributed by atoms with van der Waals surface area (Å²) in [6.07, 6.45) is 31.7. The molecule has 3 rings (SSSR count). The maximum atomic E-state index is 3.80. The van der Waals surface area contributed by atoms with E-state index in [2.05, 4.69) is 52.7 Å². The number of unbranched alkanes of at least 4 members (excludes halogenated alkanes) is 17. The van der Waals surface area contributed by atoms with Gasteiger partial charge in [0.2, 0.25) is 0 Å². The summed E-state index contributed by atoms with van der Waals surface area (Å²) in [5.41, 5.74) is 4.57. The van der Waals surface area contributed by atoms with Crippen molar-refractivity contribution in [3.63, 3.8) is 0 Å². The Hall–Kier alpha value is -0.510. The summed E-state index contributed by atoms with van der Waals surface area (Å²) in [5, 5.41) is 1.49. The molecule has 0 saturated carbocycles. The zero-order valence-corrected chi connectivity index (χ0v) is 24.4. The Morgan fingerprint density at radius 1 is 0.735 bits per heavy atom. The van der Waals surface area contributed by atoms with Crippen molar-refractivity contribution >= 4 is 33.5 Å². The predicted molar refractivity (Wildman–Crippen MR) is 160 cm³/mol. The van der Waals surface area contributed by atoms with Crippen molar-refractivity contribution in [3.05, 3.63) is 33.0 Å². The lowest BCUT2D eigenvalue weighted by atomic mass is 9.83. The first-order valence-corrected chi connectivity index (χ1v) is 16.2. The van der Waals surface area contributed by atoms with Crippen molar-refractivity contribution in [2.45, 2.75) is 154 Å². The number of fused-ring (bicyclic) bond motifs is 3. The number of aryl methyl sites for hydroxylation is 1. The summed E-state index contributed by atoms with van der Waals surface area (Å²) in [5.74, 6) is 0.773. The molecule has 2 heteroatoms. The molecular formula is C32H52IN. The van der Waals surface area contributed by atoms with Gasteiger partial charge in [0.15, 0.2) is 0 Å². The maximum Gasteiger partial charge on any atom is 0.0459 e. The molecule has 0 amide bonds. The van der Waals surface area contributed by atoms with Crippen molar-refractivity contribution in [2.75, 3.05) is 0 Å². The standard InChI is InChI=1S/C32H52IN/c1-2-3-4-5-6-7-8-9-10-11-12-13-14-15-16-17-18-19-21-27-22-20-23-29-30-26-28(33)24-25-31(30)34-32(27)29/h24-27,34H,2-23H2,1H3. The van der Waals surface area contributed by atoms with Crippen molar-refractivity contribution in [3.8, 4) is 0 Å². The van der Waals surface area contributed by atoms with E-state index < -0.39 is 0 Å². The zero-order valence-electron chi connectivity index (χ0n) is 22.2. The van der Waals surface area contributed by atoms with Crippen LogP contribution in [0.15, 0.2) is 18.2 Å². The lowest BCUT2D eigenvalue weighted by Crippen LogP contribution is -2.09. The first kappa shape index (κ1) is 28.1. The van der Waals surface area contributed by atoms with Crippen LogP contribution in [0.5, 0.6) is 0 Å². The highest BCUT2D eigenvalue weighted by molar-refractivity contribution is 14.1. The Morgan fingerprint density at radius 3 is 1.82 bits per heavy atom. The lowest BCUT2D eigenvalue weighted by Gasteiger charge is -2.22. The molecule has 0 fully saturated rings. The molecule has 0 spiro atoms. The topological polar surface area (TPSA) is 15.8 Å². The number of aromatic nitrogens is 1. The fourth-order valence-electron chi connectivity index (χ4n) is 6.11. The largest absolute Gasteiger partial charge is 0.358 e. The van der Waals surface area contributed by atoms with Crippen LogP contribution in [0.25, 0.3) is 10.9 Å². The molecule has 1 aliphatic carbocycles. The highest BCUT2D eigenvalue weighted by atomic mass is 127. The molecule has 0 radical (unpaired) electrons. The lowest BCUT2D eigenvalue weighted by molar-refractivity contribution is 0.475. The van der Waals surface area contributed by atoms with Crippen molar-refractivity contribution < 1.29 is 0 Å². The van der Waals surface area contributed by atoms with Crippen LogP contribution in [0.1, 0.15) is 159 Å². The highest BCUT2D eigenvalue weighted by Gasteiger charge is 2.23. The summed E-state index contributed by atoms with van der Waals surface area (Å²) in [4.78, 5) is 3.80. The van der Waals surface area contributed by atoms with E-state index in [0.717, 1.165) is 5.92 Å². The molecule has 0 saturated heterocycles. The van der Waals surface area contributed by atoms with E-state index in [4.69, 9.17) is 0 Å². The van der Waals surface area contributed by atoms with Crippen LogP contribution in [0.3, 0.4) is 0 Å². The molecule has 1 aliphatic rings. The SMILES string of the molecule is CCCCCCCCCCCCCCCCCCCCC1CCCc2c1[nH]c1ccc(I)cc21. The Kier molecular flexibility index (Phi) is 14.1. The number of benzene rings is 1. The molecule has 34 heavy (non-hydrogen) atoms. The first-order chi connectivity index (χ1) is 16.8. The van der Waals surface area contributed by atoms with Gasteiger partial charge >= 0.3 is 0 Å². The number of rotatable bonds is 19. The molecule has 192 valence electrons. The van der Waals surface area contributed by atoms with Gasteiger partial charge in [-0.05, 0) is 78.0 Å². The molecule has 1 aromatic heterocycles. The quantitative estimate of drug-likeness (QED) is 0.126. The van der Waals surface area contributed by atoms with Crippen LogP contribution >= 0.6 is 22.6 Å². The molecule has 1 nitrogen and oxygen atoms in total. The van der Waals surface area contributed by atoms with Crippen LogP contribution in [0.4, 0.5) is 0 Å². The monoisotopic (exact) mass is 577 g/mol. The minimum Gasteiger partial charge on any atom is -0.358 e. The van der Waals surface area contributed by atoms with Gasteiger partial charge in [0.25, 0.3) is 0 Å². The number of halogens is 1. The van der Waals surface area contributed by atoms with Gasteiger partial charge in [-0.25, -0.2) is 0 Å². The third-order valence-electron chi connectivity index (χ3n) is 8.19. The van der Waals surface area contributed by atoms with Gasteiger partial charge in [-0.1, -0.05) is 122 Å². The molecule has 1 aromatic carbocycles. The van der Waals surface area contributed by atoms with E-state index in [1.54, 1.807) is 11.3 Å². The van der Waals surface area contributed by atoms with E-state index in [-0.39, 0.29) is 0 Å². The smallest absolute Gasteiger partial charge is 0.0459 e. The molecular weight excluding hydrogens is 525 g/mol. The molecule has 1 unspecified atom stereocenters. The van der Waals surface area contributed by atoms with Crippen LogP contribution in [0.2, 0.25) is 0 Å². The second-order valence-corrected chi connectivity index (χ2v) is 12.3. The number of aromatic amines is 1. The zero-order chi connectivity index (χ0) is 23.8. The number of hydrogen-bond donors (Lipinski definition) is 1. The van der Waals surface area contributed by atoms with Gasteiger partial charge in [-0.15, -0.1) is 0 Å². The Morgan fingerprint density at radius 2 is 1.26 bits per heavy atom. The molecule has 2 aromatic rings. The Labute approximate surface area is 224 Å². The average molecular weight is 578 g/mol. The Bertz CT molecular complexity index is 792. The molecule has 1 heterocycles. The summed E-state index contributed by atoms with van der Waals surface area (Å²) < 4.78 is 1.36. The molecule has 1 atom stereocenters. The Balaban J connectivity index is 1.14. The fraction of sp³-hybridized carbons (Fsp3) is 0.750. The predicted octanol–water partition coefficient (Wildman–Crippen LogP) is 11.6. The summed E-state index contributed by atoms with van der Waals surface area (Å²) >= 11 is 2.45. The van der Waals surface area contributed by atoms with E-state index >= 15 is 0 Å². The van der Waals surface area contributed by atoms with E-state index in [9.17, 15) is 0 Å². The summed E-state index contributed by atoms with van der Waals surface area (Å²) in [6, 6.07) is 6.89. The van der Waals surface area contributed by atoms with Gasteiger partial charge in [0.05, 0.1) is 0 Å². The van der Waals surface area contributed by atoms with E-state index in [0.29, 0.717) is 0 Å². The van der Waals surface area contributed by atoms with Crippen LogP contribution < -0.4 is 0 Å². The molecule has 0 aliphatic heterocycles. The summed E-state index contributed by atoms with van der Waals surface area (Å²) in [6.45, 7) is 2.30. The highest BCUT2D eigenvalue weighted by Crippen LogP contribution is 2.39. The van der Waals surface area contributed by atoms with Crippen LogP contribution in [-0.4, -0.2) is 4.98 Å². The minimum absolute atomic E-state index is 0.773. The third-order valence-corrected chi connectivity index (χ3v) is 8.87. The fourth-order valence-corrected chi connectivity index (χ4v) is 6.60. The number of hydrogen-bond acceptors (Lipinski definition) is 0. The van der Waals surface area contributed by atoms with Crippen LogP contribution in [0, 0.1) is 3.57 Å². The van der Waals surface area contributed by atoms with Gasteiger partial charge < -0.3 is 4.98 Å². The van der Waals surface area contributed by atoms with E-state index in [1.165, 1.54) is 156 Å². The van der Waals surface area contributed by atoms with Gasteiger partial charge in [-0.3, -0.25) is 0 Å². The second kappa shape index (κ2) is 17.0. The summed E-state index contributed by atoms with van der Waals surface area (Å²) in [7, 11) is 0. The van der Waals surface area contributed by atoms with Crippen molar-refractivity contribution in [1.29, 1.82) is 0 Å². The van der Waals surface area contributed by atoms with Gasteiger partial charge in [0, 0.05) is 20.2 Å². The minimum atomic E-state index is 0.773. The van der Waals surface area contributed by atoms with Crippen LogP contribution in [-0.2, 0) is 6.42 Å². The maximum absolute atomic E-state index is 3.80.